The van der Waals surface area contributed by atoms with Gasteiger partial charge in [0.1, 0.15) is 11.5 Å². The highest BCUT2D eigenvalue weighted by Gasteiger charge is 2.50. The number of benzene rings is 3. The molecule has 0 unspecified atom stereocenters. The first-order valence-corrected chi connectivity index (χ1v) is 14.0. The Labute approximate surface area is 211 Å². The van der Waals surface area contributed by atoms with Gasteiger partial charge in [-0.25, -0.2) is 0 Å². The van der Waals surface area contributed by atoms with Crippen molar-refractivity contribution < 1.29 is 19.0 Å². The molecule has 5 heteroatoms. The van der Waals surface area contributed by atoms with E-state index in [1.54, 1.807) is 20.3 Å². The molecule has 3 rings (SSSR count). The summed E-state index contributed by atoms with van der Waals surface area (Å²) in [6.07, 6.45) is 3.76. The van der Waals surface area contributed by atoms with Gasteiger partial charge in [0.25, 0.3) is 8.32 Å². The van der Waals surface area contributed by atoms with Crippen molar-refractivity contribution >= 4 is 24.8 Å². The van der Waals surface area contributed by atoms with Crippen LogP contribution in [-0.2, 0) is 11.0 Å². The molecule has 0 aliphatic carbocycles. The third kappa shape index (κ3) is 5.86. The number of hydrogen-bond acceptors (Lipinski definition) is 4. The van der Waals surface area contributed by atoms with Crippen LogP contribution in [0.3, 0.4) is 0 Å². The van der Waals surface area contributed by atoms with Crippen molar-refractivity contribution in [1.82, 2.24) is 0 Å². The second-order valence-electron chi connectivity index (χ2n) is 9.70. The molecule has 1 atom stereocenters. The molecule has 0 saturated carbocycles. The lowest BCUT2D eigenvalue weighted by molar-refractivity contribution is 0.220. The largest absolute Gasteiger partial charge is 0.496 e. The maximum Gasteiger partial charge on any atom is 0.261 e. The van der Waals surface area contributed by atoms with E-state index in [0.29, 0.717) is 24.5 Å². The van der Waals surface area contributed by atoms with Crippen LogP contribution >= 0.6 is 0 Å². The minimum Gasteiger partial charge on any atom is -0.496 e. The van der Waals surface area contributed by atoms with E-state index in [-0.39, 0.29) is 5.04 Å². The number of rotatable bonds is 10. The molecule has 0 spiro atoms. The number of aliphatic hydroxyl groups is 1. The van der Waals surface area contributed by atoms with E-state index in [9.17, 15) is 5.11 Å². The fraction of sp³-hybridized carbons (Fsp3) is 0.333. The molecule has 0 fully saturated rings. The summed E-state index contributed by atoms with van der Waals surface area (Å²) < 4.78 is 18.5. The second kappa shape index (κ2) is 11.7. The number of methoxy groups -OCH3 is 2. The summed E-state index contributed by atoms with van der Waals surface area (Å²) in [4.78, 5) is 0. The maximum atomic E-state index is 9.98. The fourth-order valence-electron chi connectivity index (χ4n) is 4.54. The van der Waals surface area contributed by atoms with Crippen molar-refractivity contribution in [2.75, 3.05) is 14.2 Å². The van der Waals surface area contributed by atoms with Crippen LogP contribution in [0.2, 0.25) is 5.04 Å². The first-order valence-electron chi connectivity index (χ1n) is 12.1. The van der Waals surface area contributed by atoms with Gasteiger partial charge in [0.05, 0.1) is 32.5 Å². The lowest BCUT2D eigenvalue weighted by Crippen LogP contribution is -2.66. The van der Waals surface area contributed by atoms with E-state index in [1.807, 2.05) is 37.3 Å². The van der Waals surface area contributed by atoms with Crippen LogP contribution in [0.1, 0.15) is 45.2 Å². The van der Waals surface area contributed by atoms with E-state index in [1.165, 1.54) is 10.4 Å². The predicted molar refractivity (Wildman–Crippen MR) is 147 cm³/mol. The minimum atomic E-state index is -2.66. The van der Waals surface area contributed by atoms with Crippen molar-refractivity contribution in [2.24, 2.45) is 0 Å². The van der Waals surface area contributed by atoms with Gasteiger partial charge in [-0.3, -0.25) is 0 Å². The van der Waals surface area contributed by atoms with Crippen molar-refractivity contribution in [3.8, 4) is 11.5 Å². The first-order chi connectivity index (χ1) is 16.8. The van der Waals surface area contributed by atoms with Crippen molar-refractivity contribution in [1.29, 1.82) is 0 Å². The lowest BCUT2D eigenvalue weighted by atomic mass is 10.1. The Bertz CT molecular complexity index is 1040. The monoisotopic (exact) mass is 490 g/mol. The van der Waals surface area contributed by atoms with Gasteiger partial charge in [0.15, 0.2) is 0 Å². The highest BCUT2D eigenvalue weighted by atomic mass is 28.4. The second-order valence-corrected chi connectivity index (χ2v) is 14.0. The number of ether oxygens (including phenoxy) is 2. The van der Waals surface area contributed by atoms with Gasteiger partial charge >= 0.3 is 0 Å². The van der Waals surface area contributed by atoms with Gasteiger partial charge in [-0.2, -0.15) is 0 Å². The van der Waals surface area contributed by atoms with Crippen molar-refractivity contribution in [2.45, 2.75) is 51.9 Å². The van der Waals surface area contributed by atoms with Crippen LogP contribution in [0.25, 0.3) is 6.08 Å². The third-order valence-electron chi connectivity index (χ3n) is 6.38. The molecule has 1 N–H and O–H groups in total. The van der Waals surface area contributed by atoms with Crippen LogP contribution in [0.4, 0.5) is 0 Å². The fourth-order valence-corrected chi connectivity index (χ4v) is 9.08. The third-order valence-corrected chi connectivity index (χ3v) is 11.4. The van der Waals surface area contributed by atoms with E-state index < -0.39 is 14.4 Å². The van der Waals surface area contributed by atoms with E-state index in [4.69, 9.17) is 13.9 Å². The van der Waals surface area contributed by atoms with Crippen LogP contribution < -0.4 is 19.8 Å². The van der Waals surface area contributed by atoms with Gasteiger partial charge < -0.3 is 19.0 Å². The Balaban J connectivity index is 2.07. The molecule has 0 aromatic heterocycles. The molecule has 4 nitrogen and oxygen atoms in total. The van der Waals surface area contributed by atoms with Crippen LogP contribution in [-0.4, -0.2) is 33.7 Å². The molecule has 0 saturated heterocycles. The smallest absolute Gasteiger partial charge is 0.261 e. The molecule has 186 valence electrons. The Morgan fingerprint density at radius 3 is 1.74 bits per heavy atom. The summed E-state index contributed by atoms with van der Waals surface area (Å²) in [7, 11) is 0.631. The molecule has 0 aliphatic heterocycles. The molecular weight excluding hydrogens is 452 g/mol. The van der Waals surface area contributed by atoms with Gasteiger partial charge in [-0.15, -0.1) is 0 Å². The predicted octanol–water partition coefficient (Wildman–Crippen LogP) is 5.56. The van der Waals surface area contributed by atoms with E-state index >= 15 is 0 Å². The van der Waals surface area contributed by atoms with Crippen LogP contribution in [0.15, 0.2) is 78.9 Å². The van der Waals surface area contributed by atoms with Gasteiger partial charge in [-0.1, -0.05) is 94.4 Å². The zero-order valence-electron chi connectivity index (χ0n) is 21.7. The minimum absolute atomic E-state index is 0.108. The Morgan fingerprint density at radius 2 is 1.34 bits per heavy atom. The average molecular weight is 491 g/mol. The first kappa shape index (κ1) is 26.7. The molecule has 3 aromatic carbocycles. The molecule has 0 radical (unpaired) electrons. The molecule has 0 heterocycles. The molecule has 0 aliphatic rings. The summed E-state index contributed by atoms with van der Waals surface area (Å²) in [6, 6.07) is 25.2. The molecular formula is C30H38O4Si. The Kier molecular flexibility index (Phi) is 8.95. The summed E-state index contributed by atoms with van der Waals surface area (Å²) in [5.41, 5.74) is 1.77. The summed E-state index contributed by atoms with van der Waals surface area (Å²) in [5.74, 6) is 1.37. The molecule has 0 amide bonds. The number of aliphatic hydroxyl groups excluding tert-OH is 1. The topological polar surface area (TPSA) is 47.9 Å². The normalized spacial score (nSPS) is 13.1. The SMILES string of the molecule is CC[C@H](O)/C=C/c1c(OC)cc(CO[Si](c2ccccc2)(c2ccccc2)C(C)(C)C)cc1OC. The van der Waals surface area contributed by atoms with Crippen molar-refractivity contribution in [3.63, 3.8) is 0 Å². The average Bonchev–Trinajstić information content (AvgIpc) is 2.87. The summed E-state index contributed by atoms with van der Waals surface area (Å²) in [6.45, 7) is 9.17. The zero-order chi connectivity index (χ0) is 25.5. The molecule has 0 bridgehead atoms. The van der Waals surface area contributed by atoms with E-state index in [0.717, 1.165) is 11.1 Å². The quantitative estimate of drug-likeness (QED) is 0.378. The Morgan fingerprint density at radius 1 is 0.857 bits per heavy atom. The highest BCUT2D eigenvalue weighted by molar-refractivity contribution is 6.99. The van der Waals surface area contributed by atoms with Crippen LogP contribution in [0.5, 0.6) is 11.5 Å². The summed E-state index contributed by atoms with van der Waals surface area (Å²) in [5, 5.41) is 12.4. The molecule has 35 heavy (non-hydrogen) atoms. The lowest BCUT2D eigenvalue weighted by Gasteiger charge is -2.43. The standard InChI is InChI=1S/C30H38O4Si/c1-7-24(31)18-19-27-28(32-5)20-23(21-29(27)33-6)22-34-35(30(2,3)4,25-14-10-8-11-15-25)26-16-12-9-13-17-26/h8-21,24,31H,7,22H2,1-6H3/b19-18+/t24-/m0/s1. The van der Waals surface area contributed by atoms with Crippen molar-refractivity contribution in [3.05, 3.63) is 90.0 Å². The highest BCUT2D eigenvalue weighted by Crippen LogP contribution is 2.38. The Hall–Kier alpha value is -2.86. The van der Waals surface area contributed by atoms with E-state index in [2.05, 4.69) is 69.3 Å². The molecule has 3 aromatic rings. The van der Waals surface area contributed by atoms with Crippen LogP contribution in [0, 0.1) is 0 Å². The summed E-state index contributed by atoms with van der Waals surface area (Å²) >= 11 is 0. The zero-order valence-corrected chi connectivity index (χ0v) is 22.7. The van der Waals surface area contributed by atoms with Gasteiger partial charge in [0, 0.05) is 0 Å². The van der Waals surface area contributed by atoms with Gasteiger partial charge in [0.2, 0.25) is 0 Å². The van der Waals surface area contributed by atoms with Gasteiger partial charge in [-0.05, 0) is 45.6 Å². The number of hydrogen-bond donors (Lipinski definition) is 1. The maximum absolute atomic E-state index is 9.98.